The summed E-state index contributed by atoms with van der Waals surface area (Å²) in [6, 6.07) is 16.9. The maximum absolute atomic E-state index is 12.8. The number of rotatable bonds is 6. The maximum atomic E-state index is 12.8. The molecule has 0 saturated carbocycles. The van der Waals surface area contributed by atoms with Gasteiger partial charge in [-0.2, -0.15) is 0 Å². The second-order valence-electron chi connectivity index (χ2n) is 5.90. The van der Waals surface area contributed by atoms with E-state index in [-0.39, 0.29) is 23.5 Å². The second kappa shape index (κ2) is 7.73. The average Bonchev–Trinajstić information content (AvgIpc) is 2.56. The van der Waals surface area contributed by atoms with Crippen molar-refractivity contribution in [2.45, 2.75) is 33.1 Å². The van der Waals surface area contributed by atoms with Crippen LogP contribution in [0.4, 0.5) is 5.69 Å². The van der Waals surface area contributed by atoms with E-state index in [2.05, 4.69) is 19.2 Å². The van der Waals surface area contributed by atoms with Crippen molar-refractivity contribution in [3.05, 3.63) is 65.7 Å². The van der Waals surface area contributed by atoms with Crippen LogP contribution in [0.3, 0.4) is 0 Å². The first-order valence-electron chi connectivity index (χ1n) is 7.99. The summed E-state index contributed by atoms with van der Waals surface area (Å²) < 4.78 is 0. The molecule has 0 heterocycles. The highest BCUT2D eigenvalue weighted by molar-refractivity contribution is 5.99. The lowest BCUT2D eigenvalue weighted by Gasteiger charge is -2.23. The zero-order valence-corrected chi connectivity index (χ0v) is 13.9. The van der Waals surface area contributed by atoms with E-state index in [0.717, 1.165) is 12.0 Å². The molecule has 0 spiro atoms. The van der Waals surface area contributed by atoms with E-state index in [1.807, 2.05) is 36.4 Å². The highest BCUT2D eigenvalue weighted by atomic mass is 16.2. The van der Waals surface area contributed by atoms with Crippen molar-refractivity contribution in [2.75, 3.05) is 5.32 Å². The van der Waals surface area contributed by atoms with Crippen LogP contribution in [0.15, 0.2) is 54.6 Å². The minimum atomic E-state index is -0.206. The van der Waals surface area contributed by atoms with Gasteiger partial charge in [0.05, 0.1) is 5.92 Å². The van der Waals surface area contributed by atoms with Gasteiger partial charge in [-0.1, -0.05) is 62.7 Å². The van der Waals surface area contributed by atoms with E-state index in [4.69, 9.17) is 0 Å². The van der Waals surface area contributed by atoms with E-state index < -0.39 is 0 Å². The molecule has 2 atom stereocenters. The minimum absolute atomic E-state index is 0.0114. The van der Waals surface area contributed by atoms with Crippen LogP contribution < -0.4 is 5.32 Å². The van der Waals surface area contributed by atoms with Crippen LogP contribution in [-0.4, -0.2) is 11.7 Å². The fourth-order valence-electron chi connectivity index (χ4n) is 2.67. The third-order valence-corrected chi connectivity index (χ3v) is 4.19. The van der Waals surface area contributed by atoms with Gasteiger partial charge in [-0.05, 0) is 30.5 Å². The summed E-state index contributed by atoms with van der Waals surface area (Å²) in [7, 11) is 0. The van der Waals surface area contributed by atoms with Gasteiger partial charge in [0.1, 0.15) is 0 Å². The van der Waals surface area contributed by atoms with Crippen LogP contribution in [0.5, 0.6) is 0 Å². The first-order chi connectivity index (χ1) is 11.0. The third-order valence-electron chi connectivity index (χ3n) is 4.19. The number of nitrogens with one attached hydrogen (secondary N) is 1. The topological polar surface area (TPSA) is 46.2 Å². The van der Waals surface area contributed by atoms with Gasteiger partial charge in [-0.3, -0.25) is 9.59 Å². The van der Waals surface area contributed by atoms with Crippen molar-refractivity contribution in [3.8, 4) is 0 Å². The molecule has 0 fully saturated rings. The molecular formula is C20H23NO2. The monoisotopic (exact) mass is 309 g/mol. The Morgan fingerprint density at radius 1 is 1.04 bits per heavy atom. The molecule has 0 bridgehead atoms. The Morgan fingerprint density at radius 3 is 2.35 bits per heavy atom. The number of carbonyl (C=O) groups excluding carboxylic acids is 2. The molecule has 0 aliphatic carbocycles. The van der Waals surface area contributed by atoms with E-state index in [1.165, 1.54) is 6.92 Å². The fraction of sp³-hybridized carbons (Fsp3) is 0.300. The average molecular weight is 309 g/mol. The number of amides is 1. The van der Waals surface area contributed by atoms with E-state index in [9.17, 15) is 9.59 Å². The van der Waals surface area contributed by atoms with Gasteiger partial charge in [-0.25, -0.2) is 0 Å². The molecule has 0 aromatic heterocycles. The van der Waals surface area contributed by atoms with E-state index in [0.29, 0.717) is 11.3 Å². The molecule has 2 aromatic rings. The first-order valence-corrected chi connectivity index (χ1v) is 7.99. The molecular weight excluding hydrogens is 286 g/mol. The Labute approximate surface area is 137 Å². The second-order valence-corrected chi connectivity index (χ2v) is 5.90. The summed E-state index contributed by atoms with van der Waals surface area (Å²) in [4.78, 5) is 24.3. The van der Waals surface area contributed by atoms with Gasteiger partial charge >= 0.3 is 0 Å². The van der Waals surface area contributed by atoms with E-state index in [1.54, 1.807) is 18.2 Å². The van der Waals surface area contributed by atoms with Crippen molar-refractivity contribution in [3.63, 3.8) is 0 Å². The Morgan fingerprint density at radius 2 is 1.74 bits per heavy atom. The molecule has 0 saturated heterocycles. The van der Waals surface area contributed by atoms with Crippen LogP contribution in [-0.2, 0) is 4.79 Å². The van der Waals surface area contributed by atoms with Crippen LogP contribution in [0, 0.1) is 5.92 Å². The highest BCUT2D eigenvalue weighted by Gasteiger charge is 2.25. The number of anilines is 1. The van der Waals surface area contributed by atoms with E-state index >= 15 is 0 Å². The van der Waals surface area contributed by atoms with Crippen molar-refractivity contribution < 1.29 is 9.59 Å². The van der Waals surface area contributed by atoms with Gasteiger partial charge in [0.2, 0.25) is 5.91 Å². The fourth-order valence-corrected chi connectivity index (χ4v) is 2.67. The predicted octanol–water partition coefficient (Wildman–Crippen LogP) is 4.66. The summed E-state index contributed by atoms with van der Waals surface area (Å²) in [5.41, 5.74) is 2.27. The number of ketones is 1. The molecule has 1 amide bonds. The normalized spacial score (nSPS) is 13.2. The summed E-state index contributed by atoms with van der Waals surface area (Å²) in [6.07, 6.45) is 0.917. The molecule has 2 aromatic carbocycles. The van der Waals surface area contributed by atoms with Crippen molar-refractivity contribution in [1.29, 1.82) is 0 Å². The van der Waals surface area contributed by atoms with Crippen LogP contribution in [0.2, 0.25) is 0 Å². The molecule has 120 valence electrons. The molecule has 3 nitrogen and oxygen atoms in total. The zero-order valence-electron chi connectivity index (χ0n) is 13.9. The molecule has 1 N–H and O–H groups in total. The summed E-state index contributed by atoms with van der Waals surface area (Å²) in [5, 5.41) is 2.96. The summed E-state index contributed by atoms with van der Waals surface area (Å²) in [5.74, 6) is -0.0236. The molecule has 0 aliphatic rings. The standard InChI is InChI=1S/C20H23NO2/c1-4-14(2)19(16-9-6-5-7-10-16)20(23)21-18-12-8-11-17(13-18)15(3)22/h5-14,19H,4H2,1-3H3,(H,21,23)/t14-,19-/m0/s1. The lowest BCUT2D eigenvalue weighted by Crippen LogP contribution is -2.26. The van der Waals surface area contributed by atoms with Gasteiger partial charge in [0.25, 0.3) is 0 Å². The van der Waals surface area contributed by atoms with Gasteiger partial charge in [-0.15, -0.1) is 0 Å². The first kappa shape index (κ1) is 16.9. The van der Waals surface area contributed by atoms with Crippen molar-refractivity contribution >= 4 is 17.4 Å². The summed E-state index contributed by atoms with van der Waals surface area (Å²) in [6.45, 7) is 5.69. The van der Waals surface area contributed by atoms with Gasteiger partial charge < -0.3 is 5.32 Å². The number of hydrogen-bond acceptors (Lipinski definition) is 2. The van der Waals surface area contributed by atoms with Gasteiger partial charge in [0.15, 0.2) is 5.78 Å². The molecule has 23 heavy (non-hydrogen) atoms. The predicted molar refractivity (Wildman–Crippen MR) is 93.7 cm³/mol. The van der Waals surface area contributed by atoms with Crippen molar-refractivity contribution in [2.24, 2.45) is 5.92 Å². The maximum Gasteiger partial charge on any atom is 0.232 e. The summed E-state index contributed by atoms with van der Waals surface area (Å²) >= 11 is 0. The SMILES string of the molecule is CC[C@H](C)[C@H](C(=O)Nc1cccc(C(C)=O)c1)c1ccccc1. The number of hydrogen-bond donors (Lipinski definition) is 1. The Bertz CT molecular complexity index is 679. The molecule has 0 unspecified atom stereocenters. The Hall–Kier alpha value is -2.42. The van der Waals surface area contributed by atoms with Crippen molar-refractivity contribution in [1.82, 2.24) is 0 Å². The van der Waals surface area contributed by atoms with Crippen LogP contribution in [0.25, 0.3) is 0 Å². The lowest BCUT2D eigenvalue weighted by molar-refractivity contribution is -0.118. The largest absolute Gasteiger partial charge is 0.326 e. The van der Waals surface area contributed by atoms with Gasteiger partial charge in [0, 0.05) is 11.3 Å². The lowest BCUT2D eigenvalue weighted by atomic mass is 9.85. The number of benzene rings is 2. The third kappa shape index (κ3) is 4.28. The number of Topliss-reactive ketones (excluding diaryl/α,β-unsaturated/α-hetero) is 1. The molecule has 2 rings (SSSR count). The Kier molecular flexibility index (Phi) is 5.69. The molecule has 3 heteroatoms. The quantitative estimate of drug-likeness (QED) is 0.789. The molecule has 0 aliphatic heterocycles. The van der Waals surface area contributed by atoms with Crippen LogP contribution >= 0.6 is 0 Å². The number of carbonyl (C=O) groups is 2. The highest BCUT2D eigenvalue weighted by Crippen LogP contribution is 2.28. The van der Waals surface area contributed by atoms with Crippen LogP contribution in [0.1, 0.15) is 49.0 Å². The molecule has 0 radical (unpaired) electrons. The Balaban J connectivity index is 2.25. The zero-order chi connectivity index (χ0) is 16.8. The smallest absolute Gasteiger partial charge is 0.232 e. The minimum Gasteiger partial charge on any atom is -0.326 e.